The van der Waals surface area contributed by atoms with Crippen molar-refractivity contribution in [2.75, 3.05) is 7.11 Å². The van der Waals surface area contributed by atoms with E-state index in [-0.39, 0.29) is 0 Å². The Morgan fingerprint density at radius 1 is 1.12 bits per heavy atom. The molecule has 82 valence electrons. The van der Waals surface area contributed by atoms with Crippen LogP contribution in [0.1, 0.15) is 5.56 Å². The van der Waals surface area contributed by atoms with Gasteiger partial charge in [-0.05, 0) is 35.4 Å². The molecule has 0 bridgehead atoms. The Balaban J connectivity index is 2.44. The maximum atomic E-state index is 5.68. The average molecular weight is 214 g/mol. The van der Waals surface area contributed by atoms with Gasteiger partial charge in [0.05, 0.1) is 7.11 Å². The minimum atomic E-state index is 0.474. The third-order valence-electron chi connectivity index (χ3n) is 2.51. The first-order chi connectivity index (χ1) is 7.85. The van der Waals surface area contributed by atoms with Gasteiger partial charge in [-0.2, -0.15) is 0 Å². The maximum absolute atomic E-state index is 5.68. The van der Waals surface area contributed by atoms with Crippen molar-refractivity contribution in [1.29, 1.82) is 0 Å². The number of aromatic nitrogens is 1. The molecule has 0 saturated heterocycles. The predicted octanol–water partition coefficient (Wildman–Crippen LogP) is 2.22. The van der Waals surface area contributed by atoms with E-state index in [1.807, 2.05) is 30.3 Å². The van der Waals surface area contributed by atoms with Gasteiger partial charge in [0.2, 0.25) is 0 Å². The second kappa shape index (κ2) is 4.77. The highest BCUT2D eigenvalue weighted by atomic mass is 16.5. The van der Waals surface area contributed by atoms with E-state index in [1.54, 1.807) is 19.5 Å². The maximum Gasteiger partial charge on any atom is 0.123 e. The normalized spacial score (nSPS) is 10.1. The Kier molecular flexibility index (Phi) is 3.17. The predicted molar refractivity (Wildman–Crippen MR) is 64.1 cm³/mol. The highest BCUT2D eigenvalue weighted by Crippen LogP contribution is 2.25. The van der Waals surface area contributed by atoms with Crippen molar-refractivity contribution in [3.05, 3.63) is 48.3 Å². The number of pyridine rings is 1. The molecule has 0 aliphatic heterocycles. The van der Waals surface area contributed by atoms with Crippen LogP contribution in [0, 0.1) is 0 Å². The van der Waals surface area contributed by atoms with Crippen molar-refractivity contribution in [2.24, 2.45) is 5.73 Å². The number of benzene rings is 1. The zero-order valence-electron chi connectivity index (χ0n) is 9.18. The van der Waals surface area contributed by atoms with E-state index in [1.165, 1.54) is 0 Å². The quantitative estimate of drug-likeness (QED) is 0.852. The molecule has 0 atom stereocenters. The zero-order valence-corrected chi connectivity index (χ0v) is 9.18. The lowest BCUT2D eigenvalue weighted by Gasteiger charge is -2.09. The standard InChI is InChI=1S/C13H14N2O/c1-16-13-3-2-11(8-12(13)9-14)10-4-6-15-7-5-10/h2-8H,9,14H2,1H3. The molecule has 2 rings (SSSR count). The molecule has 0 aliphatic carbocycles. The number of hydrogen-bond donors (Lipinski definition) is 1. The molecule has 1 aromatic carbocycles. The van der Waals surface area contributed by atoms with Crippen LogP contribution in [0.15, 0.2) is 42.7 Å². The fraction of sp³-hybridized carbons (Fsp3) is 0.154. The minimum absolute atomic E-state index is 0.474. The molecular formula is C13H14N2O. The van der Waals surface area contributed by atoms with E-state index in [9.17, 15) is 0 Å². The zero-order chi connectivity index (χ0) is 11.4. The van der Waals surface area contributed by atoms with Crippen LogP contribution in [0.3, 0.4) is 0 Å². The summed E-state index contributed by atoms with van der Waals surface area (Å²) in [5, 5.41) is 0. The topological polar surface area (TPSA) is 48.1 Å². The van der Waals surface area contributed by atoms with E-state index in [0.717, 1.165) is 22.4 Å². The van der Waals surface area contributed by atoms with Crippen LogP contribution >= 0.6 is 0 Å². The van der Waals surface area contributed by atoms with Crippen LogP contribution in [0.4, 0.5) is 0 Å². The van der Waals surface area contributed by atoms with Crippen LogP contribution in [0.25, 0.3) is 11.1 Å². The fourth-order valence-corrected chi connectivity index (χ4v) is 1.66. The molecule has 0 aliphatic rings. The third-order valence-corrected chi connectivity index (χ3v) is 2.51. The molecule has 0 amide bonds. The molecule has 3 heteroatoms. The molecule has 0 spiro atoms. The van der Waals surface area contributed by atoms with Crippen molar-refractivity contribution in [2.45, 2.75) is 6.54 Å². The lowest BCUT2D eigenvalue weighted by molar-refractivity contribution is 0.410. The molecule has 0 fully saturated rings. The van der Waals surface area contributed by atoms with E-state index in [0.29, 0.717) is 6.54 Å². The van der Waals surface area contributed by atoms with Crippen molar-refractivity contribution >= 4 is 0 Å². The Morgan fingerprint density at radius 3 is 2.50 bits per heavy atom. The van der Waals surface area contributed by atoms with Gasteiger partial charge in [0, 0.05) is 24.5 Å². The number of nitrogens with two attached hydrogens (primary N) is 1. The molecule has 0 saturated carbocycles. The smallest absolute Gasteiger partial charge is 0.123 e. The monoisotopic (exact) mass is 214 g/mol. The number of hydrogen-bond acceptors (Lipinski definition) is 3. The lowest BCUT2D eigenvalue weighted by atomic mass is 10.0. The largest absolute Gasteiger partial charge is 0.496 e. The molecule has 0 unspecified atom stereocenters. The van der Waals surface area contributed by atoms with Gasteiger partial charge in [-0.1, -0.05) is 6.07 Å². The van der Waals surface area contributed by atoms with Gasteiger partial charge >= 0.3 is 0 Å². The molecule has 2 aromatic rings. The Bertz CT molecular complexity index is 469. The SMILES string of the molecule is COc1ccc(-c2ccncc2)cc1CN. The lowest BCUT2D eigenvalue weighted by Crippen LogP contribution is -2.00. The second-order valence-corrected chi connectivity index (χ2v) is 3.47. The molecule has 1 heterocycles. The summed E-state index contributed by atoms with van der Waals surface area (Å²) in [5.41, 5.74) is 8.95. The molecule has 0 radical (unpaired) electrons. The fourth-order valence-electron chi connectivity index (χ4n) is 1.66. The van der Waals surface area contributed by atoms with Crippen LogP contribution in [0.2, 0.25) is 0 Å². The Hall–Kier alpha value is -1.87. The summed E-state index contributed by atoms with van der Waals surface area (Å²) < 4.78 is 5.23. The van der Waals surface area contributed by atoms with E-state index < -0.39 is 0 Å². The number of ether oxygens (including phenoxy) is 1. The summed E-state index contributed by atoms with van der Waals surface area (Å²) >= 11 is 0. The Morgan fingerprint density at radius 2 is 1.88 bits per heavy atom. The summed E-state index contributed by atoms with van der Waals surface area (Å²) in [6.45, 7) is 0.474. The van der Waals surface area contributed by atoms with Crippen molar-refractivity contribution in [1.82, 2.24) is 4.98 Å². The van der Waals surface area contributed by atoms with Gasteiger partial charge in [0.25, 0.3) is 0 Å². The molecule has 2 N–H and O–H groups in total. The van der Waals surface area contributed by atoms with E-state index in [4.69, 9.17) is 10.5 Å². The van der Waals surface area contributed by atoms with Gasteiger partial charge in [0.1, 0.15) is 5.75 Å². The third kappa shape index (κ3) is 2.04. The van der Waals surface area contributed by atoms with Crippen molar-refractivity contribution in [3.8, 4) is 16.9 Å². The molecule has 16 heavy (non-hydrogen) atoms. The van der Waals surface area contributed by atoms with Crippen LogP contribution in [-0.2, 0) is 6.54 Å². The summed E-state index contributed by atoms with van der Waals surface area (Å²) in [6.07, 6.45) is 3.56. The molecule has 1 aromatic heterocycles. The van der Waals surface area contributed by atoms with Gasteiger partial charge < -0.3 is 10.5 Å². The van der Waals surface area contributed by atoms with E-state index >= 15 is 0 Å². The van der Waals surface area contributed by atoms with E-state index in [2.05, 4.69) is 4.98 Å². The Labute approximate surface area is 94.9 Å². The number of methoxy groups -OCH3 is 1. The first kappa shape index (κ1) is 10.6. The van der Waals surface area contributed by atoms with Crippen LogP contribution in [0.5, 0.6) is 5.75 Å². The second-order valence-electron chi connectivity index (χ2n) is 3.47. The summed E-state index contributed by atoms with van der Waals surface area (Å²) in [5.74, 6) is 0.834. The van der Waals surface area contributed by atoms with Crippen molar-refractivity contribution < 1.29 is 4.74 Å². The number of nitrogens with zero attached hydrogens (tertiary/aromatic N) is 1. The van der Waals surface area contributed by atoms with Gasteiger partial charge in [-0.15, -0.1) is 0 Å². The highest BCUT2D eigenvalue weighted by molar-refractivity contribution is 5.65. The van der Waals surface area contributed by atoms with Crippen LogP contribution in [-0.4, -0.2) is 12.1 Å². The summed E-state index contributed by atoms with van der Waals surface area (Å²) in [6, 6.07) is 9.96. The van der Waals surface area contributed by atoms with Crippen molar-refractivity contribution in [3.63, 3.8) is 0 Å². The summed E-state index contributed by atoms with van der Waals surface area (Å²) in [7, 11) is 1.65. The highest BCUT2D eigenvalue weighted by Gasteiger charge is 2.03. The number of rotatable bonds is 3. The molecular weight excluding hydrogens is 200 g/mol. The van der Waals surface area contributed by atoms with Gasteiger partial charge in [-0.25, -0.2) is 0 Å². The van der Waals surface area contributed by atoms with Gasteiger partial charge in [0.15, 0.2) is 0 Å². The minimum Gasteiger partial charge on any atom is -0.496 e. The molecule has 3 nitrogen and oxygen atoms in total. The van der Waals surface area contributed by atoms with Gasteiger partial charge in [-0.3, -0.25) is 4.98 Å². The average Bonchev–Trinajstić information content (AvgIpc) is 2.39. The summed E-state index contributed by atoms with van der Waals surface area (Å²) in [4.78, 5) is 4.00. The van der Waals surface area contributed by atoms with Crippen LogP contribution < -0.4 is 10.5 Å². The first-order valence-electron chi connectivity index (χ1n) is 5.12. The first-order valence-corrected chi connectivity index (χ1v) is 5.12.